The zero-order valence-electron chi connectivity index (χ0n) is 14.2. The monoisotopic (exact) mass is 347 g/mol. The number of nitrogens with one attached hydrogen (secondary N) is 2. The molecule has 0 unspecified atom stereocenters. The van der Waals surface area contributed by atoms with E-state index in [2.05, 4.69) is 16.7 Å². The number of rotatable bonds is 5. The third kappa shape index (κ3) is 5.07. The predicted octanol–water partition coefficient (Wildman–Crippen LogP) is 3.00. The van der Waals surface area contributed by atoms with Crippen LogP contribution in [0.3, 0.4) is 0 Å². The fraction of sp³-hybridized carbons (Fsp3) is 0.556. The number of nitrogens with zero attached hydrogens (tertiary/aromatic N) is 1. The largest absolute Gasteiger partial charge is 0.335 e. The van der Waals surface area contributed by atoms with E-state index in [1.54, 1.807) is 12.1 Å². The molecule has 130 valence electrons. The van der Waals surface area contributed by atoms with E-state index < -0.39 is 10.8 Å². The minimum absolute atomic E-state index is 0.0805. The second kappa shape index (κ2) is 8.84. The Hall–Kier alpha value is -1.87. The lowest BCUT2D eigenvalue weighted by Crippen LogP contribution is -2.46. The zero-order chi connectivity index (χ0) is 17.5. The van der Waals surface area contributed by atoms with Crippen molar-refractivity contribution in [2.75, 3.05) is 5.75 Å². The summed E-state index contributed by atoms with van der Waals surface area (Å²) in [6.07, 6.45) is 3.70. The van der Waals surface area contributed by atoms with Gasteiger partial charge in [0.2, 0.25) is 0 Å². The van der Waals surface area contributed by atoms with Gasteiger partial charge < -0.3 is 10.6 Å². The Bertz CT molecular complexity index is 641. The molecule has 0 bridgehead atoms. The van der Waals surface area contributed by atoms with Crippen LogP contribution in [0.4, 0.5) is 4.79 Å². The van der Waals surface area contributed by atoms with Crippen molar-refractivity contribution in [3.63, 3.8) is 0 Å². The van der Waals surface area contributed by atoms with Crippen LogP contribution in [0, 0.1) is 11.3 Å². The molecular weight excluding hydrogens is 322 g/mol. The van der Waals surface area contributed by atoms with Crippen molar-refractivity contribution in [2.45, 2.75) is 56.9 Å². The van der Waals surface area contributed by atoms with Gasteiger partial charge in [0.25, 0.3) is 0 Å². The highest BCUT2D eigenvalue weighted by atomic mass is 32.2. The Morgan fingerprint density at radius 1 is 1.46 bits per heavy atom. The van der Waals surface area contributed by atoms with Crippen LogP contribution in [-0.2, 0) is 10.8 Å². The molecule has 4 atom stereocenters. The molecule has 2 N–H and O–H groups in total. The van der Waals surface area contributed by atoms with Crippen LogP contribution in [0.25, 0.3) is 0 Å². The second-order valence-electron chi connectivity index (χ2n) is 6.23. The maximum absolute atomic E-state index is 12.2. The molecule has 2 rings (SSSR count). The summed E-state index contributed by atoms with van der Waals surface area (Å²) in [7, 11) is -0.795. The van der Waals surface area contributed by atoms with Gasteiger partial charge in [0.1, 0.15) is 0 Å². The standard InChI is InChI=1S/C18H25N3O2S/c1-3-24(23)17-9-5-8-16(11-17)21-18(22)20-13(2)15-7-4-6-14(10-15)12-19/h4,6-7,10,13,16-17H,3,5,8-9,11H2,1-2H3,(H2,20,21,22)/t13-,16+,17-,24+/m1/s1. The lowest BCUT2D eigenvalue weighted by atomic mass is 9.95. The number of carbonyl (C=O) groups is 1. The lowest BCUT2D eigenvalue weighted by molar-refractivity contribution is 0.230. The first-order valence-electron chi connectivity index (χ1n) is 8.47. The van der Waals surface area contributed by atoms with Crippen LogP contribution in [0.1, 0.15) is 56.7 Å². The molecule has 0 saturated heterocycles. The molecule has 1 aromatic rings. The number of carbonyl (C=O) groups excluding carboxylic acids is 1. The van der Waals surface area contributed by atoms with Crippen molar-refractivity contribution >= 4 is 16.8 Å². The van der Waals surface area contributed by atoms with Crippen molar-refractivity contribution in [3.8, 4) is 6.07 Å². The quantitative estimate of drug-likeness (QED) is 0.859. The lowest BCUT2D eigenvalue weighted by Gasteiger charge is -2.29. The van der Waals surface area contributed by atoms with Gasteiger partial charge in [-0.1, -0.05) is 25.5 Å². The highest BCUT2D eigenvalue weighted by Gasteiger charge is 2.26. The third-order valence-corrected chi connectivity index (χ3v) is 6.22. The molecule has 1 aliphatic carbocycles. The minimum atomic E-state index is -0.795. The van der Waals surface area contributed by atoms with Crippen LogP contribution >= 0.6 is 0 Å². The third-order valence-electron chi connectivity index (χ3n) is 4.48. The molecule has 0 aliphatic heterocycles. The van der Waals surface area contributed by atoms with Gasteiger partial charge in [0, 0.05) is 27.8 Å². The van der Waals surface area contributed by atoms with E-state index in [0.29, 0.717) is 11.3 Å². The van der Waals surface area contributed by atoms with E-state index in [9.17, 15) is 9.00 Å². The minimum Gasteiger partial charge on any atom is -0.335 e. The topological polar surface area (TPSA) is 82.0 Å². The van der Waals surface area contributed by atoms with Gasteiger partial charge in [-0.3, -0.25) is 4.21 Å². The van der Waals surface area contributed by atoms with E-state index in [0.717, 1.165) is 31.2 Å². The number of amides is 2. The van der Waals surface area contributed by atoms with E-state index >= 15 is 0 Å². The first-order valence-corrected chi connectivity index (χ1v) is 9.86. The number of benzene rings is 1. The maximum Gasteiger partial charge on any atom is 0.315 e. The van der Waals surface area contributed by atoms with Crippen LogP contribution in [0.15, 0.2) is 24.3 Å². The summed E-state index contributed by atoms with van der Waals surface area (Å²) in [5, 5.41) is 15.1. The van der Waals surface area contributed by atoms with Gasteiger partial charge in [0.15, 0.2) is 0 Å². The Balaban J connectivity index is 1.88. The molecule has 0 heterocycles. The Morgan fingerprint density at radius 2 is 2.25 bits per heavy atom. The highest BCUT2D eigenvalue weighted by Crippen LogP contribution is 2.23. The van der Waals surface area contributed by atoms with Gasteiger partial charge in [-0.25, -0.2) is 4.79 Å². The normalized spacial score (nSPS) is 22.9. The fourth-order valence-electron chi connectivity index (χ4n) is 3.14. The van der Waals surface area contributed by atoms with Gasteiger partial charge in [-0.2, -0.15) is 5.26 Å². The Kier molecular flexibility index (Phi) is 6.80. The van der Waals surface area contributed by atoms with Gasteiger partial charge in [-0.15, -0.1) is 0 Å². The zero-order valence-corrected chi connectivity index (χ0v) is 15.1. The number of hydrogen-bond acceptors (Lipinski definition) is 3. The van der Waals surface area contributed by atoms with Crippen LogP contribution < -0.4 is 10.6 Å². The van der Waals surface area contributed by atoms with Crippen molar-refractivity contribution in [2.24, 2.45) is 0 Å². The van der Waals surface area contributed by atoms with Gasteiger partial charge >= 0.3 is 6.03 Å². The second-order valence-corrected chi connectivity index (χ2v) is 8.24. The highest BCUT2D eigenvalue weighted by molar-refractivity contribution is 7.85. The molecule has 0 spiro atoms. The molecule has 1 fully saturated rings. The molecular formula is C18H25N3O2S. The number of nitriles is 1. The molecule has 5 nitrogen and oxygen atoms in total. The van der Waals surface area contributed by atoms with E-state index in [-0.39, 0.29) is 23.4 Å². The first kappa shape index (κ1) is 18.5. The molecule has 1 aromatic carbocycles. The molecule has 2 amide bonds. The number of hydrogen-bond donors (Lipinski definition) is 2. The van der Waals surface area contributed by atoms with E-state index in [1.807, 2.05) is 26.0 Å². The average Bonchev–Trinajstić information content (AvgIpc) is 2.61. The fourth-order valence-corrected chi connectivity index (χ4v) is 4.48. The molecule has 0 aromatic heterocycles. The van der Waals surface area contributed by atoms with E-state index in [4.69, 9.17) is 5.26 Å². The Labute approximate surface area is 146 Å². The summed E-state index contributed by atoms with van der Waals surface area (Å²) < 4.78 is 12.0. The van der Waals surface area contributed by atoms with Crippen molar-refractivity contribution in [3.05, 3.63) is 35.4 Å². The van der Waals surface area contributed by atoms with Gasteiger partial charge in [-0.05, 0) is 43.9 Å². The summed E-state index contributed by atoms with van der Waals surface area (Å²) in [6, 6.07) is 9.03. The van der Waals surface area contributed by atoms with Crippen LogP contribution in [0.2, 0.25) is 0 Å². The van der Waals surface area contributed by atoms with Gasteiger partial charge in [0.05, 0.1) is 17.7 Å². The predicted molar refractivity (Wildman–Crippen MR) is 96.0 cm³/mol. The summed E-state index contributed by atoms with van der Waals surface area (Å²) in [6.45, 7) is 3.84. The molecule has 6 heteroatoms. The first-order chi connectivity index (χ1) is 11.5. The number of urea groups is 1. The van der Waals surface area contributed by atoms with Crippen LogP contribution in [-0.4, -0.2) is 27.3 Å². The Morgan fingerprint density at radius 3 is 2.96 bits per heavy atom. The molecule has 1 aliphatic rings. The van der Waals surface area contributed by atoms with Crippen LogP contribution in [0.5, 0.6) is 0 Å². The SMILES string of the molecule is CC[S@](=O)[C@@H]1CCC[C@H](NC(=O)N[C@H](C)c2cccc(C#N)c2)C1. The summed E-state index contributed by atoms with van der Waals surface area (Å²) in [4.78, 5) is 12.2. The average molecular weight is 347 g/mol. The van der Waals surface area contributed by atoms with Crippen molar-refractivity contribution in [1.82, 2.24) is 10.6 Å². The molecule has 0 radical (unpaired) electrons. The van der Waals surface area contributed by atoms with E-state index in [1.165, 1.54) is 0 Å². The molecule has 1 saturated carbocycles. The van der Waals surface area contributed by atoms with Crippen molar-refractivity contribution < 1.29 is 9.00 Å². The summed E-state index contributed by atoms with van der Waals surface area (Å²) in [5.74, 6) is 0.676. The summed E-state index contributed by atoms with van der Waals surface area (Å²) >= 11 is 0. The summed E-state index contributed by atoms with van der Waals surface area (Å²) in [5.41, 5.74) is 1.48. The maximum atomic E-state index is 12.2. The smallest absolute Gasteiger partial charge is 0.315 e. The van der Waals surface area contributed by atoms with Crippen molar-refractivity contribution in [1.29, 1.82) is 5.26 Å². The molecule has 24 heavy (non-hydrogen) atoms.